The van der Waals surface area contributed by atoms with E-state index in [0.717, 1.165) is 42.6 Å². The zero-order valence-corrected chi connectivity index (χ0v) is 17.7. The summed E-state index contributed by atoms with van der Waals surface area (Å²) in [5, 5.41) is 1.91. The van der Waals surface area contributed by atoms with Crippen molar-refractivity contribution in [2.24, 2.45) is 7.05 Å². The summed E-state index contributed by atoms with van der Waals surface area (Å²) >= 11 is 1.50. The number of pyridine rings is 1. The van der Waals surface area contributed by atoms with E-state index in [1.54, 1.807) is 6.07 Å². The molecule has 5 rings (SSSR count). The van der Waals surface area contributed by atoms with E-state index in [2.05, 4.69) is 47.5 Å². The summed E-state index contributed by atoms with van der Waals surface area (Å²) in [7, 11) is 2.01. The molecule has 0 saturated carbocycles. The number of hydrogen-bond acceptors (Lipinski definition) is 1. The molecule has 0 fully saturated rings. The quantitative estimate of drug-likeness (QED) is 0.212. The van der Waals surface area contributed by atoms with Gasteiger partial charge in [0.15, 0.2) is 11.9 Å². The van der Waals surface area contributed by atoms with Crippen LogP contribution < -0.4 is 4.57 Å². The Morgan fingerprint density at radius 1 is 0.933 bits per heavy atom. The van der Waals surface area contributed by atoms with Gasteiger partial charge in [-0.15, -0.1) is 11.3 Å². The summed E-state index contributed by atoms with van der Waals surface area (Å²) in [6, 6.07) is 10.1. The number of nitrogens with zero attached hydrogens (tertiary/aromatic N) is 2. The Morgan fingerprint density at radius 2 is 1.63 bits per heavy atom. The minimum atomic E-state index is -0.443. The third-order valence-electron chi connectivity index (χ3n) is 5.43. The van der Waals surface area contributed by atoms with E-state index in [1.165, 1.54) is 11.3 Å². The van der Waals surface area contributed by atoms with Gasteiger partial charge in [0.25, 0.3) is 0 Å². The van der Waals surface area contributed by atoms with Gasteiger partial charge in [0.05, 0.1) is 19.0 Å². The van der Waals surface area contributed by atoms with E-state index in [4.69, 9.17) is 13.4 Å². The predicted octanol–water partition coefficient (Wildman–Crippen LogP) is 7.38. The summed E-state index contributed by atoms with van der Waals surface area (Å²) in [5.74, 6) is 0. The van der Waals surface area contributed by atoms with Gasteiger partial charge in [-0.05, 0) is 35.9 Å². The number of fused-ring (bicyclic) bond motifs is 3. The highest BCUT2D eigenvalue weighted by Gasteiger charge is 2.21. The Balaban J connectivity index is 1.98. The maximum absolute atomic E-state index is 8.54. The van der Waals surface area contributed by atoms with Crippen molar-refractivity contribution >= 4 is 37.2 Å². The normalized spacial score (nSPS) is 13.5. The number of benzene rings is 3. The Kier molecular flexibility index (Phi) is 3.24. The second-order valence-electron chi connectivity index (χ2n) is 7.38. The van der Waals surface area contributed by atoms with Gasteiger partial charge in [-0.2, -0.15) is 0 Å². The van der Waals surface area contributed by atoms with Crippen LogP contribution in [0.25, 0.3) is 47.4 Å². The number of aryl methyl sites for hydroxylation is 3. The molecule has 5 aromatic rings. The lowest BCUT2D eigenvalue weighted by atomic mass is 9.98. The van der Waals surface area contributed by atoms with Crippen LogP contribution in [-0.4, -0.2) is 0 Å². The highest BCUT2D eigenvalue weighted by Crippen LogP contribution is 2.47. The van der Waals surface area contributed by atoms with E-state index in [0.29, 0.717) is 5.56 Å². The SMILES string of the molecule is [2H]c1c([2H])c([2H])c(-c2c([N+]#[C-])ccc3c2sc2c(-c4cc(C)cc[n+]4C)c(C)ccc23)c([2H])c1[2H]. The molecule has 0 unspecified atom stereocenters. The highest BCUT2D eigenvalue weighted by molar-refractivity contribution is 7.27. The number of rotatable bonds is 2. The number of aromatic nitrogens is 1. The summed E-state index contributed by atoms with van der Waals surface area (Å²) in [5.41, 5.74) is 5.14. The van der Waals surface area contributed by atoms with Gasteiger partial charge in [-0.25, -0.2) is 9.41 Å². The van der Waals surface area contributed by atoms with Crippen LogP contribution in [0.2, 0.25) is 0 Å². The molecule has 0 saturated heterocycles. The molecule has 0 N–H and O–H groups in total. The van der Waals surface area contributed by atoms with Crippen LogP contribution in [0.1, 0.15) is 18.0 Å². The number of hydrogen-bond donors (Lipinski definition) is 0. The summed E-state index contributed by atoms with van der Waals surface area (Å²) in [4.78, 5) is 3.67. The molecule has 3 aromatic carbocycles. The fourth-order valence-electron chi connectivity index (χ4n) is 3.94. The van der Waals surface area contributed by atoms with E-state index in [9.17, 15) is 0 Å². The van der Waals surface area contributed by atoms with Crippen molar-refractivity contribution in [2.75, 3.05) is 0 Å². The first-order chi connectivity index (χ1) is 16.6. The molecule has 3 heteroatoms. The summed E-state index contributed by atoms with van der Waals surface area (Å²) < 4.78 is 45.3. The third-order valence-corrected chi connectivity index (χ3v) is 6.68. The van der Waals surface area contributed by atoms with Gasteiger partial charge >= 0.3 is 0 Å². The Bertz CT molecular complexity index is 1720. The smallest absolute Gasteiger partial charge is 0.214 e. The minimum absolute atomic E-state index is 0.0681. The molecular formula is C27H21N2S+. The van der Waals surface area contributed by atoms with Crippen molar-refractivity contribution in [2.45, 2.75) is 13.8 Å². The largest absolute Gasteiger partial charge is 0.237 e. The number of thiophene rings is 1. The monoisotopic (exact) mass is 410 g/mol. The third kappa shape index (κ3) is 2.81. The van der Waals surface area contributed by atoms with Gasteiger partial charge in [0, 0.05) is 32.5 Å². The lowest BCUT2D eigenvalue weighted by Crippen LogP contribution is -2.30. The first-order valence-corrected chi connectivity index (χ1v) is 10.4. The predicted molar refractivity (Wildman–Crippen MR) is 127 cm³/mol. The summed E-state index contributed by atoms with van der Waals surface area (Å²) in [6.45, 7) is 11.9. The molecule has 0 amide bonds. The van der Waals surface area contributed by atoms with Crippen LogP contribution in [-0.2, 0) is 7.05 Å². The second-order valence-corrected chi connectivity index (χ2v) is 8.41. The Hall–Kier alpha value is -3.48. The molecule has 0 radical (unpaired) electrons. The molecule has 0 aliphatic heterocycles. The molecule has 30 heavy (non-hydrogen) atoms. The standard InChI is InChI=1S/C27H21N2S/c1-17-14-15-29(4)23(16-17)24-18(2)10-11-20-21-12-13-22(28-3)25(27(21)30-26(20)24)19-8-6-5-7-9-19/h5-16H,1-2,4H3/q+1/i5D,6D,7D,8D,9D. The Labute approximate surface area is 187 Å². The average Bonchev–Trinajstić information content (AvgIpc) is 3.22. The fourth-order valence-corrected chi connectivity index (χ4v) is 5.40. The van der Waals surface area contributed by atoms with Crippen LogP contribution in [0.4, 0.5) is 5.69 Å². The Morgan fingerprint density at radius 3 is 2.37 bits per heavy atom. The topological polar surface area (TPSA) is 8.24 Å². The maximum Gasteiger partial charge on any atom is 0.214 e. The molecule has 2 heterocycles. The molecule has 144 valence electrons. The van der Waals surface area contributed by atoms with Gasteiger partial charge in [-0.3, -0.25) is 0 Å². The highest BCUT2D eigenvalue weighted by atomic mass is 32.1. The fraction of sp³-hybridized carbons (Fsp3) is 0.111. The minimum Gasteiger partial charge on any atom is -0.237 e. The van der Waals surface area contributed by atoms with Crippen LogP contribution >= 0.6 is 11.3 Å². The van der Waals surface area contributed by atoms with Gasteiger partial charge in [0.1, 0.15) is 7.05 Å². The lowest BCUT2D eigenvalue weighted by Gasteiger charge is -2.07. The van der Waals surface area contributed by atoms with Crippen molar-refractivity contribution < 1.29 is 11.4 Å². The molecule has 0 spiro atoms. The van der Waals surface area contributed by atoms with Crippen LogP contribution in [0.15, 0.2) is 72.8 Å². The van der Waals surface area contributed by atoms with Crippen LogP contribution in [0.5, 0.6) is 0 Å². The van der Waals surface area contributed by atoms with Crippen molar-refractivity contribution in [1.29, 1.82) is 0 Å². The first-order valence-electron chi connectivity index (χ1n) is 12.1. The molecule has 0 atom stereocenters. The van der Waals surface area contributed by atoms with Crippen molar-refractivity contribution in [3.63, 3.8) is 0 Å². The lowest BCUT2D eigenvalue weighted by molar-refractivity contribution is -0.660. The molecule has 2 aromatic heterocycles. The van der Waals surface area contributed by atoms with Gasteiger partial charge < -0.3 is 0 Å². The van der Waals surface area contributed by atoms with E-state index < -0.39 is 18.1 Å². The maximum atomic E-state index is 8.54. The van der Waals surface area contributed by atoms with E-state index in [1.807, 2.05) is 19.3 Å². The zero-order chi connectivity index (χ0) is 25.2. The van der Waals surface area contributed by atoms with Crippen molar-refractivity contribution in [3.8, 4) is 22.4 Å². The van der Waals surface area contributed by atoms with E-state index >= 15 is 0 Å². The van der Waals surface area contributed by atoms with Gasteiger partial charge in [-0.1, -0.05) is 54.5 Å². The van der Waals surface area contributed by atoms with Crippen LogP contribution in [0.3, 0.4) is 0 Å². The van der Waals surface area contributed by atoms with Crippen molar-refractivity contribution in [3.05, 3.63) is 95.4 Å². The molecule has 0 aliphatic carbocycles. The molecule has 2 nitrogen and oxygen atoms in total. The first kappa shape index (κ1) is 13.7. The molecule has 0 bridgehead atoms. The van der Waals surface area contributed by atoms with E-state index in [-0.39, 0.29) is 23.3 Å². The molecule has 0 aliphatic rings. The van der Waals surface area contributed by atoms with Crippen molar-refractivity contribution in [1.82, 2.24) is 0 Å². The summed E-state index contributed by atoms with van der Waals surface area (Å²) in [6.07, 6.45) is 2.03. The average molecular weight is 411 g/mol. The van der Waals surface area contributed by atoms with Crippen LogP contribution in [0, 0.1) is 20.4 Å². The zero-order valence-electron chi connectivity index (χ0n) is 21.8. The molecular weight excluding hydrogens is 384 g/mol. The second kappa shape index (κ2) is 7.09. The van der Waals surface area contributed by atoms with Gasteiger partial charge in [0.2, 0.25) is 5.69 Å².